The van der Waals surface area contributed by atoms with Gasteiger partial charge in [0.05, 0.1) is 25.4 Å². The van der Waals surface area contributed by atoms with E-state index in [-0.39, 0.29) is 0 Å². The van der Waals surface area contributed by atoms with E-state index in [1.165, 1.54) is 0 Å². The smallest absolute Gasteiger partial charge is 0.126 e. The molecule has 0 aliphatic carbocycles. The molecule has 106 valence electrons. The van der Waals surface area contributed by atoms with Crippen molar-refractivity contribution in [1.82, 2.24) is 4.98 Å². The zero-order chi connectivity index (χ0) is 14.8. The minimum absolute atomic E-state index is 0.766. The highest BCUT2D eigenvalue weighted by molar-refractivity contribution is 5.82. The zero-order valence-corrected chi connectivity index (χ0v) is 12.4. The summed E-state index contributed by atoms with van der Waals surface area (Å²) in [5.41, 5.74) is 3.98. The van der Waals surface area contributed by atoms with E-state index < -0.39 is 0 Å². The molecule has 3 rings (SSSR count). The Balaban J connectivity index is 2.21. The Hall–Kier alpha value is -2.55. The molecule has 0 aliphatic heterocycles. The van der Waals surface area contributed by atoms with E-state index in [0.29, 0.717) is 0 Å². The third kappa shape index (κ3) is 2.42. The lowest BCUT2D eigenvalue weighted by molar-refractivity contribution is 0.392. The van der Waals surface area contributed by atoms with Crippen LogP contribution in [0, 0.1) is 6.92 Å². The summed E-state index contributed by atoms with van der Waals surface area (Å²) in [6.45, 7) is 2.03. The molecule has 0 saturated heterocycles. The fraction of sp³-hybridized carbons (Fsp3) is 0.167. The van der Waals surface area contributed by atoms with Gasteiger partial charge in [-0.15, -0.1) is 0 Å². The molecule has 3 heteroatoms. The molecular weight excluding hydrogens is 262 g/mol. The highest BCUT2D eigenvalue weighted by Crippen LogP contribution is 2.34. The Morgan fingerprint density at radius 2 is 1.71 bits per heavy atom. The topological polar surface area (TPSA) is 31.4 Å². The van der Waals surface area contributed by atoms with Crippen LogP contribution < -0.4 is 9.47 Å². The molecule has 0 spiro atoms. The van der Waals surface area contributed by atoms with Crippen LogP contribution in [-0.2, 0) is 0 Å². The van der Waals surface area contributed by atoms with Crippen molar-refractivity contribution in [3.8, 4) is 22.8 Å². The lowest BCUT2D eigenvalue weighted by atomic mass is 10.0. The molecule has 0 fully saturated rings. The summed E-state index contributed by atoms with van der Waals surface area (Å²) in [6, 6.07) is 16.1. The number of fused-ring (bicyclic) bond motifs is 1. The molecule has 3 aromatic rings. The summed E-state index contributed by atoms with van der Waals surface area (Å²) in [4.78, 5) is 4.75. The number of benzene rings is 2. The quantitative estimate of drug-likeness (QED) is 0.719. The van der Waals surface area contributed by atoms with Crippen LogP contribution in [0.2, 0.25) is 0 Å². The minimum Gasteiger partial charge on any atom is -0.497 e. The molecule has 21 heavy (non-hydrogen) atoms. The van der Waals surface area contributed by atoms with Gasteiger partial charge in [0.15, 0.2) is 0 Å². The van der Waals surface area contributed by atoms with Crippen LogP contribution in [0.4, 0.5) is 0 Å². The molecule has 1 heterocycles. The molecule has 0 amide bonds. The van der Waals surface area contributed by atoms with Crippen molar-refractivity contribution >= 4 is 10.9 Å². The molecular formula is C18H17NO2. The second kappa shape index (κ2) is 5.44. The zero-order valence-electron chi connectivity index (χ0n) is 12.4. The van der Waals surface area contributed by atoms with Crippen molar-refractivity contribution in [3.05, 3.63) is 54.1 Å². The second-order valence-electron chi connectivity index (χ2n) is 4.89. The highest BCUT2D eigenvalue weighted by Gasteiger charge is 2.11. The number of ether oxygens (including phenoxy) is 2. The van der Waals surface area contributed by atoms with E-state index >= 15 is 0 Å². The monoisotopic (exact) mass is 279 g/mol. The van der Waals surface area contributed by atoms with Gasteiger partial charge in [0.2, 0.25) is 0 Å². The number of para-hydroxylation sites is 1. The minimum atomic E-state index is 0.766. The fourth-order valence-corrected chi connectivity index (χ4v) is 2.47. The van der Waals surface area contributed by atoms with Gasteiger partial charge in [-0.2, -0.15) is 0 Å². The van der Waals surface area contributed by atoms with Gasteiger partial charge in [-0.25, -0.2) is 4.98 Å². The molecule has 0 bridgehead atoms. The predicted octanol–water partition coefficient (Wildman–Crippen LogP) is 4.23. The van der Waals surface area contributed by atoms with Gasteiger partial charge in [0, 0.05) is 22.6 Å². The van der Waals surface area contributed by atoms with Gasteiger partial charge in [-0.05, 0) is 25.1 Å². The van der Waals surface area contributed by atoms with Gasteiger partial charge in [-0.3, -0.25) is 0 Å². The SMILES string of the molecule is COc1cc(OC)c(C)c(-c2ccc3ccccc3n2)c1. The van der Waals surface area contributed by atoms with Crippen LogP contribution in [0.5, 0.6) is 11.5 Å². The largest absolute Gasteiger partial charge is 0.497 e. The lowest BCUT2D eigenvalue weighted by Gasteiger charge is -2.13. The Labute approximate surface area is 124 Å². The number of methoxy groups -OCH3 is 2. The fourth-order valence-electron chi connectivity index (χ4n) is 2.47. The molecule has 0 N–H and O–H groups in total. The van der Waals surface area contributed by atoms with Gasteiger partial charge in [0.25, 0.3) is 0 Å². The summed E-state index contributed by atoms with van der Waals surface area (Å²) >= 11 is 0. The first-order valence-corrected chi connectivity index (χ1v) is 6.81. The van der Waals surface area contributed by atoms with E-state index in [1.807, 2.05) is 43.3 Å². The number of aromatic nitrogens is 1. The molecule has 0 radical (unpaired) electrons. The number of hydrogen-bond donors (Lipinski definition) is 0. The first-order chi connectivity index (χ1) is 10.2. The third-order valence-corrected chi connectivity index (χ3v) is 3.66. The Bertz CT molecular complexity index is 796. The van der Waals surface area contributed by atoms with Crippen LogP contribution in [0.1, 0.15) is 5.56 Å². The standard InChI is InChI=1S/C18H17NO2/c1-12-15(10-14(20-2)11-18(12)21-3)17-9-8-13-6-4-5-7-16(13)19-17/h4-11H,1-3H3. The molecule has 0 aliphatic rings. The number of hydrogen-bond acceptors (Lipinski definition) is 3. The molecule has 3 nitrogen and oxygen atoms in total. The Morgan fingerprint density at radius 3 is 2.48 bits per heavy atom. The first-order valence-electron chi connectivity index (χ1n) is 6.81. The highest BCUT2D eigenvalue weighted by atomic mass is 16.5. The predicted molar refractivity (Wildman–Crippen MR) is 85.0 cm³/mol. The summed E-state index contributed by atoms with van der Waals surface area (Å²) in [5.74, 6) is 1.57. The summed E-state index contributed by atoms with van der Waals surface area (Å²) in [7, 11) is 3.32. The maximum Gasteiger partial charge on any atom is 0.126 e. The lowest BCUT2D eigenvalue weighted by Crippen LogP contribution is -1.95. The van der Waals surface area contributed by atoms with Crippen molar-refractivity contribution in [2.45, 2.75) is 6.92 Å². The van der Waals surface area contributed by atoms with Crippen molar-refractivity contribution in [1.29, 1.82) is 0 Å². The normalized spacial score (nSPS) is 10.6. The third-order valence-electron chi connectivity index (χ3n) is 3.66. The van der Waals surface area contributed by atoms with Crippen LogP contribution >= 0.6 is 0 Å². The number of pyridine rings is 1. The summed E-state index contributed by atoms with van der Waals surface area (Å²) in [6.07, 6.45) is 0. The van der Waals surface area contributed by atoms with Gasteiger partial charge >= 0.3 is 0 Å². The maximum absolute atomic E-state index is 5.43. The van der Waals surface area contributed by atoms with Crippen molar-refractivity contribution in [2.75, 3.05) is 14.2 Å². The van der Waals surface area contributed by atoms with Gasteiger partial charge in [-0.1, -0.05) is 24.3 Å². The number of nitrogens with zero attached hydrogens (tertiary/aromatic N) is 1. The van der Waals surface area contributed by atoms with Gasteiger partial charge in [0.1, 0.15) is 11.5 Å². The van der Waals surface area contributed by atoms with E-state index in [0.717, 1.165) is 39.2 Å². The molecule has 2 aromatic carbocycles. The maximum atomic E-state index is 5.43. The van der Waals surface area contributed by atoms with E-state index in [9.17, 15) is 0 Å². The number of rotatable bonds is 3. The molecule has 0 atom stereocenters. The summed E-state index contributed by atoms with van der Waals surface area (Å²) < 4.78 is 10.8. The summed E-state index contributed by atoms with van der Waals surface area (Å²) in [5, 5.41) is 1.13. The molecule has 0 unspecified atom stereocenters. The van der Waals surface area contributed by atoms with Crippen molar-refractivity contribution in [2.24, 2.45) is 0 Å². The molecule has 1 aromatic heterocycles. The van der Waals surface area contributed by atoms with Crippen LogP contribution in [0.25, 0.3) is 22.2 Å². The Kier molecular flexibility index (Phi) is 3.48. The van der Waals surface area contributed by atoms with E-state index in [4.69, 9.17) is 14.5 Å². The molecule has 0 saturated carbocycles. The average molecular weight is 279 g/mol. The van der Waals surface area contributed by atoms with E-state index in [1.54, 1.807) is 14.2 Å². The Morgan fingerprint density at radius 1 is 0.905 bits per heavy atom. The second-order valence-corrected chi connectivity index (χ2v) is 4.89. The van der Waals surface area contributed by atoms with Crippen LogP contribution in [0.3, 0.4) is 0 Å². The van der Waals surface area contributed by atoms with Crippen LogP contribution in [0.15, 0.2) is 48.5 Å². The van der Waals surface area contributed by atoms with Crippen molar-refractivity contribution in [3.63, 3.8) is 0 Å². The average Bonchev–Trinajstić information content (AvgIpc) is 2.54. The van der Waals surface area contributed by atoms with E-state index in [2.05, 4.69) is 12.1 Å². The first kappa shape index (κ1) is 13.4. The van der Waals surface area contributed by atoms with Crippen molar-refractivity contribution < 1.29 is 9.47 Å². The van der Waals surface area contributed by atoms with Gasteiger partial charge < -0.3 is 9.47 Å². The van der Waals surface area contributed by atoms with Crippen LogP contribution in [-0.4, -0.2) is 19.2 Å².